The summed E-state index contributed by atoms with van der Waals surface area (Å²) >= 11 is 0. The van der Waals surface area contributed by atoms with E-state index in [4.69, 9.17) is 18.9 Å². The molecule has 0 aliphatic rings. The SMILES string of the molecule is CC[N+]([O-])(CCCCOC(=O)c1ccc(OC)c(OC)c1)C(C)Cc1ccc(OC)cc1. The molecule has 2 rings (SSSR count). The molecule has 0 saturated heterocycles. The van der Waals surface area contributed by atoms with Gasteiger partial charge in [-0.1, -0.05) is 12.1 Å². The van der Waals surface area contributed by atoms with Crippen molar-refractivity contribution in [1.29, 1.82) is 0 Å². The van der Waals surface area contributed by atoms with Crippen molar-refractivity contribution in [3.8, 4) is 17.2 Å². The second-order valence-corrected chi connectivity index (χ2v) is 7.81. The van der Waals surface area contributed by atoms with Crippen molar-refractivity contribution in [3.05, 3.63) is 58.8 Å². The molecule has 0 fully saturated rings. The van der Waals surface area contributed by atoms with Crippen LogP contribution in [0, 0.1) is 5.21 Å². The van der Waals surface area contributed by atoms with Crippen LogP contribution in [0.1, 0.15) is 42.6 Å². The first-order chi connectivity index (χ1) is 15.4. The molecular formula is C25H35NO6. The van der Waals surface area contributed by atoms with Gasteiger partial charge in [-0.25, -0.2) is 4.79 Å². The van der Waals surface area contributed by atoms with Crippen molar-refractivity contribution < 1.29 is 28.4 Å². The molecule has 7 nitrogen and oxygen atoms in total. The Hall–Kier alpha value is -2.77. The predicted octanol–water partition coefficient (Wildman–Crippen LogP) is 4.62. The number of rotatable bonds is 13. The Morgan fingerprint density at radius 2 is 1.66 bits per heavy atom. The lowest BCUT2D eigenvalue weighted by atomic mass is 10.0. The van der Waals surface area contributed by atoms with Crippen LogP contribution in [0.5, 0.6) is 17.2 Å². The van der Waals surface area contributed by atoms with Gasteiger partial charge in [0.15, 0.2) is 11.5 Å². The fraction of sp³-hybridized carbons (Fsp3) is 0.480. The number of esters is 1. The topological polar surface area (TPSA) is 77.1 Å². The van der Waals surface area contributed by atoms with E-state index in [9.17, 15) is 10.0 Å². The number of hydrogen-bond donors (Lipinski definition) is 0. The average molecular weight is 446 g/mol. The van der Waals surface area contributed by atoms with Gasteiger partial charge >= 0.3 is 5.97 Å². The lowest BCUT2D eigenvalue weighted by Crippen LogP contribution is -2.50. The number of quaternary nitrogens is 1. The van der Waals surface area contributed by atoms with Gasteiger partial charge in [0, 0.05) is 12.8 Å². The Morgan fingerprint density at radius 3 is 2.25 bits per heavy atom. The molecule has 32 heavy (non-hydrogen) atoms. The number of carbonyl (C=O) groups excluding carboxylic acids is 1. The van der Waals surface area contributed by atoms with Crippen LogP contribution in [0.15, 0.2) is 42.5 Å². The maximum Gasteiger partial charge on any atom is 0.338 e. The quantitative estimate of drug-likeness (QED) is 0.194. The Kier molecular flexibility index (Phi) is 9.81. The van der Waals surface area contributed by atoms with Crippen LogP contribution < -0.4 is 14.2 Å². The molecule has 2 aromatic rings. The molecule has 0 aromatic heterocycles. The van der Waals surface area contributed by atoms with Crippen LogP contribution in [-0.4, -0.2) is 57.7 Å². The third-order valence-electron chi connectivity index (χ3n) is 5.81. The zero-order valence-corrected chi connectivity index (χ0v) is 19.8. The van der Waals surface area contributed by atoms with E-state index in [1.54, 1.807) is 32.4 Å². The molecule has 2 atom stereocenters. The minimum absolute atomic E-state index is 0.0669. The van der Waals surface area contributed by atoms with Crippen LogP contribution in [0.25, 0.3) is 0 Å². The number of nitrogens with zero attached hydrogens (tertiary/aromatic N) is 1. The lowest BCUT2D eigenvalue weighted by molar-refractivity contribution is -0.902. The van der Waals surface area contributed by atoms with Gasteiger partial charge in [-0.3, -0.25) is 0 Å². The molecule has 0 heterocycles. The van der Waals surface area contributed by atoms with Crippen LogP contribution in [0.2, 0.25) is 0 Å². The van der Waals surface area contributed by atoms with Gasteiger partial charge in [0.1, 0.15) is 5.75 Å². The molecule has 0 aliphatic heterocycles. The fourth-order valence-corrected chi connectivity index (χ4v) is 3.65. The highest BCUT2D eigenvalue weighted by Gasteiger charge is 2.23. The highest BCUT2D eigenvalue weighted by molar-refractivity contribution is 5.90. The van der Waals surface area contributed by atoms with E-state index < -0.39 is 5.97 Å². The number of benzene rings is 2. The molecule has 176 valence electrons. The first-order valence-corrected chi connectivity index (χ1v) is 11.0. The number of methoxy groups -OCH3 is 3. The van der Waals surface area contributed by atoms with Crippen molar-refractivity contribution in [1.82, 2.24) is 0 Å². The molecule has 0 bridgehead atoms. The van der Waals surface area contributed by atoms with Crippen molar-refractivity contribution in [2.75, 3.05) is 41.0 Å². The summed E-state index contributed by atoms with van der Waals surface area (Å²) in [6.07, 6.45) is 2.02. The van der Waals surface area contributed by atoms with E-state index in [-0.39, 0.29) is 17.3 Å². The van der Waals surface area contributed by atoms with Crippen molar-refractivity contribution in [2.24, 2.45) is 0 Å². The maximum absolute atomic E-state index is 13.3. The summed E-state index contributed by atoms with van der Waals surface area (Å²) in [7, 11) is 4.70. The molecule has 7 heteroatoms. The molecule has 2 aromatic carbocycles. The first kappa shape index (κ1) is 25.5. The molecule has 0 saturated carbocycles. The second kappa shape index (κ2) is 12.3. The fourth-order valence-electron chi connectivity index (χ4n) is 3.65. The van der Waals surface area contributed by atoms with E-state index in [1.807, 2.05) is 38.1 Å². The second-order valence-electron chi connectivity index (χ2n) is 7.81. The van der Waals surface area contributed by atoms with E-state index in [0.717, 1.165) is 11.3 Å². The van der Waals surface area contributed by atoms with Crippen LogP contribution in [0.3, 0.4) is 0 Å². The minimum Gasteiger partial charge on any atom is -0.633 e. The highest BCUT2D eigenvalue weighted by Crippen LogP contribution is 2.28. The standard InChI is InChI=1S/C25H35NO6/c1-6-26(28,19(2)17-20-9-12-22(29-3)13-10-20)15-7-8-16-32-25(27)21-11-14-23(30-4)24(18-21)31-5/h9-14,18-19H,6-8,15-17H2,1-5H3. The van der Waals surface area contributed by atoms with E-state index in [1.165, 1.54) is 7.11 Å². The van der Waals surface area contributed by atoms with Crippen molar-refractivity contribution in [3.63, 3.8) is 0 Å². The first-order valence-electron chi connectivity index (χ1n) is 11.0. The minimum atomic E-state index is -0.419. The van der Waals surface area contributed by atoms with Crippen LogP contribution in [-0.2, 0) is 11.2 Å². The summed E-state index contributed by atoms with van der Waals surface area (Å²) in [6.45, 7) is 5.18. The number of unbranched alkanes of at least 4 members (excludes halogenated alkanes) is 1. The largest absolute Gasteiger partial charge is 0.633 e. The Bertz CT molecular complexity index is 854. The monoisotopic (exact) mass is 445 g/mol. The van der Waals surface area contributed by atoms with Gasteiger partial charge in [-0.2, -0.15) is 0 Å². The Morgan fingerprint density at radius 1 is 0.969 bits per heavy atom. The van der Waals surface area contributed by atoms with Crippen molar-refractivity contribution >= 4 is 5.97 Å². The Labute approximate surface area is 191 Å². The van der Waals surface area contributed by atoms with Gasteiger partial charge in [0.25, 0.3) is 0 Å². The van der Waals surface area contributed by atoms with Crippen LogP contribution >= 0.6 is 0 Å². The highest BCUT2D eigenvalue weighted by atomic mass is 16.5. The molecule has 0 radical (unpaired) electrons. The lowest BCUT2D eigenvalue weighted by Gasteiger charge is -2.47. The zero-order chi connectivity index (χ0) is 23.6. The zero-order valence-electron chi connectivity index (χ0n) is 19.8. The summed E-state index contributed by atoms with van der Waals surface area (Å²) in [5.74, 6) is 1.42. The summed E-state index contributed by atoms with van der Waals surface area (Å²) in [5.41, 5.74) is 1.52. The number of carbonyl (C=O) groups is 1. The summed E-state index contributed by atoms with van der Waals surface area (Å²) in [6, 6.07) is 12.7. The van der Waals surface area contributed by atoms with Crippen molar-refractivity contribution in [2.45, 2.75) is 39.2 Å². The van der Waals surface area contributed by atoms with Gasteiger partial charge in [-0.15, -0.1) is 0 Å². The van der Waals surface area contributed by atoms with Gasteiger partial charge in [0.2, 0.25) is 0 Å². The molecule has 0 N–H and O–H groups in total. The molecule has 0 aliphatic carbocycles. The van der Waals surface area contributed by atoms with E-state index in [2.05, 4.69) is 0 Å². The molecular weight excluding hydrogens is 410 g/mol. The predicted molar refractivity (Wildman–Crippen MR) is 124 cm³/mol. The molecule has 0 spiro atoms. The molecule has 0 amide bonds. The average Bonchev–Trinajstić information content (AvgIpc) is 2.83. The summed E-state index contributed by atoms with van der Waals surface area (Å²) in [5, 5.41) is 13.3. The number of hydrogen-bond acceptors (Lipinski definition) is 6. The summed E-state index contributed by atoms with van der Waals surface area (Å²) < 4.78 is 20.7. The number of ether oxygens (including phenoxy) is 4. The van der Waals surface area contributed by atoms with E-state index in [0.29, 0.717) is 49.4 Å². The molecule has 2 unspecified atom stereocenters. The van der Waals surface area contributed by atoms with Crippen LogP contribution in [0.4, 0.5) is 0 Å². The number of hydroxylamine groups is 3. The Balaban J connectivity index is 1.80. The third kappa shape index (κ3) is 6.87. The summed E-state index contributed by atoms with van der Waals surface area (Å²) in [4.78, 5) is 12.3. The number of likely N-dealkylation sites (N-methyl/N-ethyl adjacent to an activating group) is 1. The van der Waals surface area contributed by atoms with Gasteiger partial charge in [-0.05, 0) is 56.2 Å². The van der Waals surface area contributed by atoms with E-state index >= 15 is 0 Å². The maximum atomic E-state index is 13.3. The normalized spacial score (nSPS) is 13.7. The van der Waals surface area contributed by atoms with Gasteiger partial charge < -0.3 is 28.8 Å². The third-order valence-corrected chi connectivity index (χ3v) is 5.81. The smallest absolute Gasteiger partial charge is 0.338 e. The van der Waals surface area contributed by atoms with Gasteiger partial charge in [0.05, 0.1) is 52.6 Å².